The molecule has 1 aliphatic heterocycles. The van der Waals surface area contributed by atoms with Gasteiger partial charge >= 0.3 is 0 Å². The molecule has 4 rings (SSSR count). The van der Waals surface area contributed by atoms with Crippen molar-refractivity contribution in [2.24, 2.45) is 5.73 Å². The van der Waals surface area contributed by atoms with Gasteiger partial charge in [-0.15, -0.1) is 0 Å². The predicted octanol–water partition coefficient (Wildman–Crippen LogP) is 1.93. The number of imidazole rings is 1. The molecule has 36 heavy (non-hydrogen) atoms. The number of fused-ring (bicyclic) bond motifs is 1. The number of methoxy groups -OCH3 is 2. The van der Waals surface area contributed by atoms with E-state index in [0.717, 1.165) is 12.8 Å². The molecule has 0 bridgehead atoms. The number of anilines is 3. The van der Waals surface area contributed by atoms with Crippen molar-refractivity contribution in [3.05, 3.63) is 36.2 Å². The second-order valence-corrected chi connectivity index (χ2v) is 8.43. The molecule has 0 aliphatic carbocycles. The fraction of sp³-hybridized carbons (Fsp3) is 0.375. The highest BCUT2D eigenvalue weighted by atomic mass is 16.5. The summed E-state index contributed by atoms with van der Waals surface area (Å²) in [5.41, 5.74) is 6.81. The highest BCUT2D eigenvalue weighted by Crippen LogP contribution is 2.32. The second-order valence-electron chi connectivity index (χ2n) is 8.43. The van der Waals surface area contributed by atoms with Crippen LogP contribution in [0.3, 0.4) is 0 Å². The summed E-state index contributed by atoms with van der Waals surface area (Å²) in [5, 5.41) is 12.1. The number of ether oxygens (including phenoxy) is 2. The third-order valence-corrected chi connectivity index (χ3v) is 6.23. The van der Waals surface area contributed by atoms with Crippen LogP contribution >= 0.6 is 0 Å². The number of nitrogens with two attached hydrogens (primary N) is 1. The van der Waals surface area contributed by atoms with Crippen molar-refractivity contribution in [3.8, 4) is 17.6 Å². The van der Waals surface area contributed by atoms with Crippen LogP contribution in [0.5, 0.6) is 11.5 Å². The van der Waals surface area contributed by atoms with E-state index in [1.54, 1.807) is 54.1 Å². The molecule has 1 aromatic carbocycles. The van der Waals surface area contributed by atoms with Crippen molar-refractivity contribution in [3.63, 3.8) is 0 Å². The molecule has 3 heterocycles. The Balaban J connectivity index is 1.75. The SMILES string of the molecule is COc1cc(Nc2nc(N(C)C3CCCN(C(=O)CC#N)C3)n3ccnc3c2C(N)=O)cc(OC)c1. The highest BCUT2D eigenvalue weighted by Gasteiger charge is 2.29. The molecule has 3 aromatic rings. The lowest BCUT2D eigenvalue weighted by Crippen LogP contribution is -2.49. The van der Waals surface area contributed by atoms with Crippen LogP contribution in [0.2, 0.25) is 0 Å². The van der Waals surface area contributed by atoms with Crippen LogP contribution in [-0.4, -0.2) is 71.5 Å². The fourth-order valence-corrected chi connectivity index (χ4v) is 4.39. The van der Waals surface area contributed by atoms with Crippen LogP contribution in [0.25, 0.3) is 5.65 Å². The van der Waals surface area contributed by atoms with Gasteiger partial charge < -0.3 is 30.3 Å². The van der Waals surface area contributed by atoms with E-state index in [9.17, 15) is 9.59 Å². The van der Waals surface area contributed by atoms with Crippen molar-refractivity contribution in [2.45, 2.75) is 25.3 Å². The molecule has 1 aliphatic rings. The van der Waals surface area contributed by atoms with Crippen molar-refractivity contribution < 1.29 is 19.1 Å². The quantitative estimate of drug-likeness (QED) is 0.480. The summed E-state index contributed by atoms with van der Waals surface area (Å²) in [4.78, 5) is 37.6. The lowest BCUT2D eigenvalue weighted by Gasteiger charge is -2.38. The Morgan fingerprint density at radius 2 is 2.00 bits per heavy atom. The Morgan fingerprint density at radius 1 is 1.28 bits per heavy atom. The van der Waals surface area contributed by atoms with E-state index in [4.69, 9.17) is 25.5 Å². The average Bonchev–Trinajstić information content (AvgIpc) is 3.37. The van der Waals surface area contributed by atoms with Crippen LogP contribution in [0.15, 0.2) is 30.6 Å². The lowest BCUT2D eigenvalue weighted by molar-refractivity contribution is -0.131. The number of likely N-dealkylation sites (N-methyl/N-ethyl adjacent to an activating group) is 1. The Labute approximate surface area is 208 Å². The van der Waals surface area contributed by atoms with Crippen molar-refractivity contribution >= 4 is 34.9 Å². The third-order valence-electron chi connectivity index (χ3n) is 6.23. The number of hydrogen-bond acceptors (Lipinski definition) is 9. The second kappa shape index (κ2) is 10.4. The van der Waals surface area contributed by atoms with Crippen LogP contribution in [0.4, 0.5) is 17.5 Å². The number of hydrogen-bond donors (Lipinski definition) is 2. The van der Waals surface area contributed by atoms with Crippen molar-refractivity contribution in [1.29, 1.82) is 5.26 Å². The number of aromatic nitrogens is 3. The number of likely N-dealkylation sites (tertiary alicyclic amines) is 1. The average molecular weight is 493 g/mol. The van der Waals surface area contributed by atoms with E-state index in [1.165, 1.54) is 0 Å². The standard InChI is InChI=1S/C24H28N8O4/c1-30(16-5-4-9-31(14-16)19(33)6-7-25)24-29-22(20(21(26)34)23-27-8-10-32(23)24)28-15-11-17(35-2)13-18(12-15)36-3/h8,10-13,16,28H,4-6,9,14H2,1-3H3,(H2,26,34). The summed E-state index contributed by atoms with van der Waals surface area (Å²) >= 11 is 0. The summed E-state index contributed by atoms with van der Waals surface area (Å²) in [7, 11) is 4.97. The fourth-order valence-electron chi connectivity index (χ4n) is 4.39. The first-order valence-electron chi connectivity index (χ1n) is 11.4. The molecule has 1 atom stereocenters. The summed E-state index contributed by atoms with van der Waals surface area (Å²) in [6.45, 7) is 1.08. The third kappa shape index (κ3) is 4.81. The number of nitriles is 1. The molecule has 2 amide bonds. The van der Waals surface area contributed by atoms with Crippen LogP contribution in [0.1, 0.15) is 29.6 Å². The molecule has 0 spiro atoms. The molecule has 0 saturated carbocycles. The van der Waals surface area contributed by atoms with Crippen molar-refractivity contribution in [1.82, 2.24) is 19.3 Å². The molecule has 3 N–H and O–H groups in total. The molecule has 1 saturated heterocycles. The number of benzene rings is 1. The summed E-state index contributed by atoms with van der Waals surface area (Å²) < 4.78 is 12.4. The molecule has 1 fully saturated rings. The molecule has 12 heteroatoms. The highest BCUT2D eigenvalue weighted by molar-refractivity contribution is 6.04. The van der Waals surface area contributed by atoms with Gasteiger partial charge in [-0.3, -0.25) is 14.0 Å². The first kappa shape index (κ1) is 24.6. The Hall–Kier alpha value is -4.53. The Bertz CT molecular complexity index is 1310. The van der Waals surface area contributed by atoms with E-state index < -0.39 is 5.91 Å². The van der Waals surface area contributed by atoms with Crippen LogP contribution in [-0.2, 0) is 4.79 Å². The zero-order chi connectivity index (χ0) is 25.8. The normalized spacial score (nSPS) is 15.3. The first-order valence-corrected chi connectivity index (χ1v) is 11.4. The minimum Gasteiger partial charge on any atom is -0.497 e. The van der Waals surface area contributed by atoms with E-state index >= 15 is 0 Å². The van der Waals surface area contributed by atoms with Gasteiger partial charge in [-0.2, -0.15) is 10.2 Å². The van der Waals surface area contributed by atoms with Crippen LogP contribution in [0, 0.1) is 11.3 Å². The molecule has 0 radical (unpaired) electrons. The molecule has 188 valence electrons. The largest absolute Gasteiger partial charge is 0.497 e. The number of piperidine rings is 1. The van der Waals surface area contributed by atoms with Gasteiger partial charge in [0.2, 0.25) is 11.9 Å². The predicted molar refractivity (Wildman–Crippen MR) is 133 cm³/mol. The van der Waals surface area contributed by atoms with Gasteiger partial charge in [-0.1, -0.05) is 0 Å². The number of nitrogens with zero attached hydrogens (tertiary/aromatic N) is 6. The Kier molecular flexibility index (Phi) is 7.10. The summed E-state index contributed by atoms with van der Waals surface area (Å²) in [5.74, 6) is 0.990. The van der Waals surface area contributed by atoms with Crippen molar-refractivity contribution in [2.75, 3.05) is 44.6 Å². The van der Waals surface area contributed by atoms with Gasteiger partial charge in [0.25, 0.3) is 5.91 Å². The smallest absolute Gasteiger partial charge is 0.256 e. The van der Waals surface area contributed by atoms with Gasteiger partial charge in [0, 0.05) is 62.5 Å². The van der Waals surface area contributed by atoms with Gasteiger partial charge in [0.15, 0.2) is 11.5 Å². The maximum atomic E-state index is 12.5. The van der Waals surface area contributed by atoms with E-state index in [0.29, 0.717) is 41.9 Å². The summed E-state index contributed by atoms with van der Waals surface area (Å²) in [6, 6.07) is 7.09. The van der Waals surface area contributed by atoms with Gasteiger partial charge in [0.1, 0.15) is 23.5 Å². The maximum absolute atomic E-state index is 12.5. The minimum absolute atomic E-state index is 0.0521. The summed E-state index contributed by atoms with van der Waals surface area (Å²) in [6.07, 6.45) is 4.76. The topological polar surface area (TPSA) is 151 Å². The zero-order valence-corrected chi connectivity index (χ0v) is 20.4. The zero-order valence-electron chi connectivity index (χ0n) is 20.4. The number of primary amides is 1. The molecular formula is C24H28N8O4. The molecule has 1 unspecified atom stereocenters. The number of carbonyl (C=O) groups is 2. The molecule has 2 aromatic heterocycles. The number of amides is 2. The molecule has 12 nitrogen and oxygen atoms in total. The first-order chi connectivity index (χ1) is 17.4. The van der Waals surface area contributed by atoms with E-state index in [2.05, 4.69) is 10.3 Å². The van der Waals surface area contributed by atoms with Gasteiger partial charge in [-0.05, 0) is 12.8 Å². The van der Waals surface area contributed by atoms with Gasteiger partial charge in [0.05, 0.1) is 20.3 Å². The minimum atomic E-state index is -0.684. The number of nitrogens with one attached hydrogen (secondary N) is 1. The Morgan fingerprint density at radius 3 is 2.64 bits per heavy atom. The van der Waals surface area contributed by atoms with E-state index in [-0.39, 0.29) is 29.8 Å². The van der Waals surface area contributed by atoms with Crippen LogP contribution < -0.4 is 25.4 Å². The maximum Gasteiger partial charge on any atom is 0.256 e. The number of carbonyl (C=O) groups excluding carboxylic acids is 2. The molecular weight excluding hydrogens is 464 g/mol. The lowest BCUT2D eigenvalue weighted by atomic mass is 10.0. The monoisotopic (exact) mass is 492 g/mol. The number of rotatable bonds is 8. The van der Waals surface area contributed by atoms with E-state index in [1.807, 2.05) is 18.0 Å². The van der Waals surface area contributed by atoms with Gasteiger partial charge in [-0.25, -0.2) is 4.98 Å².